The van der Waals surface area contributed by atoms with Crippen molar-refractivity contribution in [3.63, 3.8) is 0 Å². The van der Waals surface area contributed by atoms with Crippen LogP contribution in [-0.4, -0.2) is 16.7 Å². The Bertz CT molecular complexity index is 747. The van der Waals surface area contributed by atoms with E-state index in [2.05, 4.69) is 11.1 Å². The van der Waals surface area contributed by atoms with Gasteiger partial charge in [-0.05, 0) is 47.2 Å². The zero-order valence-electron chi connectivity index (χ0n) is 11.1. The predicted molar refractivity (Wildman–Crippen MR) is 82.8 cm³/mol. The van der Waals surface area contributed by atoms with Crippen LogP contribution in [0.25, 0.3) is 0 Å². The Balaban J connectivity index is 2.44. The Hall–Kier alpha value is -1.88. The third kappa shape index (κ3) is 2.82. The van der Waals surface area contributed by atoms with E-state index in [9.17, 15) is 4.79 Å². The molecule has 0 atom stereocenters. The number of hydrogen-bond acceptors (Lipinski definition) is 4. The third-order valence-electron chi connectivity index (χ3n) is 2.93. The van der Waals surface area contributed by atoms with Crippen LogP contribution in [0.3, 0.4) is 0 Å². The van der Waals surface area contributed by atoms with Gasteiger partial charge in [0.05, 0.1) is 22.8 Å². The molecule has 1 heterocycles. The van der Waals surface area contributed by atoms with Gasteiger partial charge in [-0.2, -0.15) is 5.26 Å². The highest BCUT2D eigenvalue weighted by molar-refractivity contribution is 14.1. The molecule has 20 heavy (non-hydrogen) atoms. The van der Waals surface area contributed by atoms with Gasteiger partial charge in [-0.25, -0.2) is 4.98 Å². The number of nitriles is 1. The Morgan fingerprint density at radius 3 is 2.90 bits per heavy atom. The first kappa shape index (κ1) is 14.5. The quantitative estimate of drug-likeness (QED) is 0.764. The number of hydrogen-bond donors (Lipinski definition) is 0. The molecule has 2 rings (SSSR count). The number of aryl methyl sites for hydroxylation is 1. The third-order valence-corrected chi connectivity index (χ3v) is 3.67. The molecule has 0 unspecified atom stereocenters. The van der Waals surface area contributed by atoms with Crippen molar-refractivity contribution in [2.24, 2.45) is 0 Å². The van der Waals surface area contributed by atoms with Gasteiger partial charge in [0.2, 0.25) is 0 Å². The summed E-state index contributed by atoms with van der Waals surface area (Å²) < 4.78 is 7.35. The van der Waals surface area contributed by atoms with Crippen LogP contribution >= 0.6 is 22.6 Å². The van der Waals surface area contributed by atoms with Gasteiger partial charge in [0.15, 0.2) is 0 Å². The van der Waals surface area contributed by atoms with Crippen LogP contribution in [0, 0.1) is 21.8 Å². The van der Waals surface area contributed by atoms with Gasteiger partial charge in [-0.3, -0.25) is 9.36 Å². The summed E-state index contributed by atoms with van der Waals surface area (Å²) in [5.41, 5.74) is 1.29. The smallest absolute Gasteiger partial charge is 0.267 e. The Labute approximate surface area is 130 Å². The largest absolute Gasteiger partial charge is 0.495 e. The molecule has 0 aliphatic rings. The summed E-state index contributed by atoms with van der Waals surface area (Å²) in [4.78, 5) is 16.3. The normalized spacial score (nSPS) is 10.1. The minimum absolute atomic E-state index is 0.0681. The first-order valence-electron chi connectivity index (χ1n) is 5.85. The standard InChI is InChI=1S/C14H12IN3O2/c1-9-17-7-12(15)14(19)18(9)8-10-3-4-11(6-16)13(5-10)20-2/h3-5,7H,8H2,1-2H3. The first-order chi connectivity index (χ1) is 9.56. The molecule has 5 nitrogen and oxygen atoms in total. The number of nitrogens with zero attached hydrogens (tertiary/aromatic N) is 3. The first-order valence-corrected chi connectivity index (χ1v) is 6.93. The van der Waals surface area contributed by atoms with Crippen molar-refractivity contribution in [2.45, 2.75) is 13.5 Å². The molecule has 0 bridgehead atoms. The number of rotatable bonds is 3. The van der Waals surface area contributed by atoms with E-state index >= 15 is 0 Å². The lowest BCUT2D eigenvalue weighted by Crippen LogP contribution is -2.26. The van der Waals surface area contributed by atoms with E-state index in [-0.39, 0.29) is 5.56 Å². The molecule has 0 amide bonds. The van der Waals surface area contributed by atoms with Crippen LogP contribution in [0.1, 0.15) is 17.0 Å². The summed E-state index contributed by atoms with van der Waals surface area (Å²) in [7, 11) is 1.52. The molecular weight excluding hydrogens is 369 g/mol. The number of methoxy groups -OCH3 is 1. The highest BCUT2D eigenvalue weighted by Crippen LogP contribution is 2.19. The fourth-order valence-corrected chi connectivity index (χ4v) is 2.28. The molecule has 2 aromatic rings. The van der Waals surface area contributed by atoms with Crippen molar-refractivity contribution in [1.82, 2.24) is 9.55 Å². The Kier molecular flexibility index (Phi) is 4.39. The van der Waals surface area contributed by atoms with E-state index < -0.39 is 0 Å². The summed E-state index contributed by atoms with van der Waals surface area (Å²) in [5.74, 6) is 1.16. The van der Waals surface area contributed by atoms with Crippen LogP contribution < -0.4 is 10.3 Å². The minimum Gasteiger partial charge on any atom is -0.495 e. The molecule has 0 spiro atoms. The topological polar surface area (TPSA) is 67.9 Å². The molecule has 0 saturated heterocycles. The summed E-state index contributed by atoms with van der Waals surface area (Å²) in [6.07, 6.45) is 1.56. The molecule has 0 aliphatic carbocycles. The molecule has 0 N–H and O–H groups in total. The van der Waals surface area contributed by atoms with Crippen LogP contribution in [-0.2, 0) is 6.54 Å². The van der Waals surface area contributed by atoms with Crippen LogP contribution in [0.2, 0.25) is 0 Å². The van der Waals surface area contributed by atoms with E-state index in [1.54, 1.807) is 29.8 Å². The van der Waals surface area contributed by atoms with Gasteiger partial charge in [-0.1, -0.05) is 6.07 Å². The molecule has 1 aromatic heterocycles. The molecule has 102 valence electrons. The molecule has 0 radical (unpaired) electrons. The van der Waals surface area contributed by atoms with Crippen molar-refractivity contribution in [2.75, 3.05) is 7.11 Å². The lowest BCUT2D eigenvalue weighted by molar-refractivity contribution is 0.412. The highest BCUT2D eigenvalue weighted by Gasteiger charge is 2.08. The van der Waals surface area contributed by atoms with Gasteiger partial charge < -0.3 is 4.74 Å². The van der Waals surface area contributed by atoms with Crippen molar-refractivity contribution < 1.29 is 4.74 Å². The van der Waals surface area contributed by atoms with Gasteiger partial charge in [0.25, 0.3) is 5.56 Å². The highest BCUT2D eigenvalue weighted by atomic mass is 127. The average Bonchev–Trinajstić information content (AvgIpc) is 2.47. The lowest BCUT2D eigenvalue weighted by Gasteiger charge is -2.11. The SMILES string of the molecule is COc1cc(Cn2c(C)ncc(I)c2=O)ccc1C#N. The van der Waals surface area contributed by atoms with Crippen molar-refractivity contribution in [3.8, 4) is 11.8 Å². The van der Waals surface area contributed by atoms with Gasteiger partial charge >= 0.3 is 0 Å². The van der Waals surface area contributed by atoms with Gasteiger partial charge in [-0.15, -0.1) is 0 Å². The molecular formula is C14H12IN3O2. The van der Waals surface area contributed by atoms with Gasteiger partial charge in [0.1, 0.15) is 17.6 Å². The predicted octanol–water partition coefficient (Wildman–Crippen LogP) is 2.08. The van der Waals surface area contributed by atoms with E-state index in [4.69, 9.17) is 10.00 Å². The molecule has 0 fully saturated rings. The molecule has 0 saturated carbocycles. The Morgan fingerprint density at radius 2 is 2.25 bits per heavy atom. The number of ether oxygens (including phenoxy) is 1. The zero-order valence-corrected chi connectivity index (χ0v) is 13.2. The molecule has 0 aliphatic heterocycles. The minimum atomic E-state index is -0.0681. The van der Waals surface area contributed by atoms with Crippen LogP contribution in [0.5, 0.6) is 5.75 Å². The fourth-order valence-electron chi connectivity index (χ4n) is 1.85. The van der Waals surface area contributed by atoms with Crippen molar-refractivity contribution in [3.05, 3.63) is 55.3 Å². The summed E-state index contributed by atoms with van der Waals surface area (Å²) in [6.45, 7) is 2.19. The van der Waals surface area contributed by atoms with Crippen molar-refractivity contribution in [1.29, 1.82) is 5.26 Å². The number of aromatic nitrogens is 2. The second kappa shape index (κ2) is 6.05. The molecule has 1 aromatic carbocycles. The summed E-state index contributed by atoms with van der Waals surface area (Å²) in [6, 6.07) is 7.33. The second-order valence-electron chi connectivity index (χ2n) is 4.19. The van der Waals surface area contributed by atoms with E-state index in [1.807, 2.05) is 28.7 Å². The summed E-state index contributed by atoms with van der Waals surface area (Å²) in [5, 5.41) is 8.96. The van der Waals surface area contributed by atoms with E-state index in [0.29, 0.717) is 27.3 Å². The number of benzene rings is 1. The lowest BCUT2D eigenvalue weighted by atomic mass is 10.1. The summed E-state index contributed by atoms with van der Waals surface area (Å²) >= 11 is 1.97. The van der Waals surface area contributed by atoms with E-state index in [1.165, 1.54) is 7.11 Å². The maximum absolute atomic E-state index is 12.1. The second-order valence-corrected chi connectivity index (χ2v) is 5.35. The number of halogens is 1. The van der Waals surface area contributed by atoms with Crippen LogP contribution in [0.4, 0.5) is 0 Å². The van der Waals surface area contributed by atoms with E-state index in [0.717, 1.165) is 5.56 Å². The van der Waals surface area contributed by atoms with Gasteiger partial charge in [0, 0.05) is 6.20 Å². The fraction of sp³-hybridized carbons (Fsp3) is 0.214. The maximum atomic E-state index is 12.1. The van der Waals surface area contributed by atoms with Crippen molar-refractivity contribution >= 4 is 22.6 Å². The average molecular weight is 381 g/mol. The monoisotopic (exact) mass is 381 g/mol. The molecule has 6 heteroatoms. The zero-order chi connectivity index (χ0) is 14.7. The maximum Gasteiger partial charge on any atom is 0.267 e. The Morgan fingerprint density at radius 1 is 1.50 bits per heavy atom. The van der Waals surface area contributed by atoms with Crippen LogP contribution in [0.15, 0.2) is 29.2 Å².